The Morgan fingerprint density at radius 2 is 1.89 bits per heavy atom. The van der Waals surface area contributed by atoms with Gasteiger partial charge in [-0.2, -0.15) is 0 Å². The van der Waals surface area contributed by atoms with Crippen LogP contribution in [-0.2, 0) is 0 Å². The number of pyridine rings is 1. The summed E-state index contributed by atoms with van der Waals surface area (Å²) >= 11 is 6.36. The second-order valence-electron chi connectivity index (χ2n) is 7.87. The lowest BCUT2D eigenvalue weighted by molar-refractivity contribution is 0.138. The topological polar surface area (TPSA) is 66.2 Å². The van der Waals surface area contributed by atoms with Crippen molar-refractivity contribution in [2.75, 3.05) is 19.6 Å². The maximum atomic E-state index is 11.9. The minimum atomic E-state index is -0.124. The highest BCUT2D eigenvalue weighted by Gasteiger charge is 2.24. The largest absolute Gasteiger partial charge is 0.489 e. The number of hydrogen-bond acceptors (Lipinski definition) is 4. The molecule has 1 saturated carbocycles. The van der Waals surface area contributed by atoms with Gasteiger partial charge >= 0.3 is 0 Å². The maximum Gasteiger partial charge on any atom is 0.255 e. The summed E-state index contributed by atoms with van der Waals surface area (Å²) in [6.07, 6.45) is 8.77. The molecule has 6 heteroatoms. The van der Waals surface area contributed by atoms with Gasteiger partial charge in [-0.15, -0.1) is 0 Å². The molecule has 2 heterocycles. The fraction of sp³-hybridized carbons (Fsp3) is 0.571. The second-order valence-corrected chi connectivity index (χ2v) is 8.28. The Balaban J connectivity index is 1.30. The summed E-state index contributed by atoms with van der Waals surface area (Å²) < 4.78 is 6.20. The second kappa shape index (κ2) is 8.63. The lowest BCUT2D eigenvalue weighted by atomic mass is 9.91. The van der Waals surface area contributed by atoms with Gasteiger partial charge in [-0.25, -0.2) is 0 Å². The number of fused-ring (bicyclic) bond motifs is 1. The molecular formula is C21H28ClN3O2. The Kier molecular flexibility index (Phi) is 6.01. The third-order valence-corrected chi connectivity index (χ3v) is 6.24. The standard InChI is InChI=1S/C21H28ClN3O2/c22-19-12-18-15(7-10-24-21(18)26)11-20(19)27-17-3-1-16(2-4-17)25-13-14-5-8-23-9-6-14/h7,10-12,14,16-17,23,25H,1-6,8-9,13H2,(H,24,26). The monoisotopic (exact) mass is 389 g/mol. The zero-order valence-corrected chi connectivity index (χ0v) is 16.4. The lowest BCUT2D eigenvalue weighted by Gasteiger charge is -2.31. The summed E-state index contributed by atoms with van der Waals surface area (Å²) in [6.45, 7) is 3.46. The molecule has 1 aromatic carbocycles. The SMILES string of the molecule is O=c1[nH]ccc2cc(OC3CCC(NCC4CCNCC4)CC3)c(Cl)cc12. The predicted octanol–water partition coefficient (Wildman–Crippen LogP) is 3.46. The minimum Gasteiger partial charge on any atom is -0.489 e. The molecule has 0 bridgehead atoms. The highest BCUT2D eigenvalue weighted by molar-refractivity contribution is 6.32. The van der Waals surface area contributed by atoms with Crippen molar-refractivity contribution in [3.8, 4) is 5.75 Å². The molecule has 2 fully saturated rings. The zero-order valence-electron chi connectivity index (χ0n) is 15.6. The number of hydrogen-bond donors (Lipinski definition) is 3. The molecule has 2 aliphatic rings. The Hall–Kier alpha value is -1.56. The van der Waals surface area contributed by atoms with Crippen molar-refractivity contribution in [2.45, 2.75) is 50.7 Å². The van der Waals surface area contributed by atoms with E-state index in [0.717, 1.165) is 56.6 Å². The van der Waals surface area contributed by atoms with Crippen molar-refractivity contribution >= 4 is 22.4 Å². The van der Waals surface area contributed by atoms with Crippen LogP contribution in [0.15, 0.2) is 29.2 Å². The van der Waals surface area contributed by atoms with Gasteiger partial charge in [0, 0.05) is 17.6 Å². The van der Waals surface area contributed by atoms with Crippen LogP contribution in [0.2, 0.25) is 5.02 Å². The van der Waals surface area contributed by atoms with Gasteiger partial charge in [0.15, 0.2) is 0 Å². The van der Waals surface area contributed by atoms with Crippen LogP contribution in [0.4, 0.5) is 0 Å². The van der Waals surface area contributed by atoms with Gasteiger partial charge < -0.3 is 20.4 Å². The predicted molar refractivity (Wildman–Crippen MR) is 110 cm³/mol. The molecule has 146 valence electrons. The normalized spacial score (nSPS) is 24.2. The van der Waals surface area contributed by atoms with E-state index >= 15 is 0 Å². The van der Waals surface area contributed by atoms with Crippen molar-refractivity contribution in [1.82, 2.24) is 15.6 Å². The van der Waals surface area contributed by atoms with Crippen LogP contribution in [0.1, 0.15) is 38.5 Å². The number of piperidine rings is 1. The minimum absolute atomic E-state index is 0.124. The first kappa shape index (κ1) is 18.8. The quantitative estimate of drug-likeness (QED) is 0.732. The highest BCUT2D eigenvalue weighted by Crippen LogP contribution is 2.32. The van der Waals surface area contributed by atoms with Gasteiger partial charge in [-0.05, 0) is 87.7 Å². The summed E-state index contributed by atoms with van der Waals surface area (Å²) in [4.78, 5) is 14.6. The molecule has 1 aliphatic heterocycles. The molecule has 2 aromatic rings. The summed E-state index contributed by atoms with van der Waals surface area (Å²) in [5.74, 6) is 1.50. The number of benzene rings is 1. The first-order valence-corrected chi connectivity index (χ1v) is 10.5. The number of rotatable bonds is 5. The van der Waals surface area contributed by atoms with Gasteiger partial charge in [0.25, 0.3) is 5.56 Å². The fourth-order valence-corrected chi connectivity index (χ4v) is 4.47. The van der Waals surface area contributed by atoms with E-state index in [1.165, 1.54) is 12.8 Å². The third kappa shape index (κ3) is 4.65. The van der Waals surface area contributed by atoms with Gasteiger partial charge in [0.2, 0.25) is 0 Å². The van der Waals surface area contributed by atoms with Crippen LogP contribution in [0, 0.1) is 5.92 Å². The number of H-pyrrole nitrogens is 1. The molecule has 0 unspecified atom stereocenters. The van der Waals surface area contributed by atoms with Gasteiger partial charge in [-0.1, -0.05) is 11.6 Å². The molecule has 0 atom stereocenters. The van der Waals surface area contributed by atoms with Gasteiger partial charge in [-0.3, -0.25) is 4.79 Å². The van der Waals surface area contributed by atoms with Gasteiger partial charge in [0.1, 0.15) is 5.75 Å². The Labute approximate surface area is 164 Å². The van der Waals surface area contributed by atoms with Crippen molar-refractivity contribution < 1.29 is 4.74 Å². The molecule has 0 spiro atoms. The van der Waals surface area contributed by atoms with Crippen molar-refractivity contribution in [3.63, 3.8) is 0 Å². The number of ether oxygens (including phenoxy) is 1. The highest BCUT2D eigenvalue weighted by atomic mass is 35.5. The molecule has 0 radical (unpaired) electrons. The maximum absolute atomic E-state index is 11.9. The van der Waals surface area contributed by atoms with E-state index in [0.29, 0.717) is 22.2 Å². The number of aromatic amines is 1. The van der Waals surface area contributed by atoms with E-state index < -0.39 is 0 Å². The van der Waals surface area contributed by atoms with E-state index in [1.54, 1.807) is 12.3 Å². The molecule has 3 N–H and O–H groups in total. The van der Waals surface area contributed by atoms with E-state index in [9.17, 15) is 4.79 Å². The number of aromatic nitrogens is 1. The van der Waals surface area contributed by atoms with Crippen LogP contribution in [-0.4, -0.2) is 36.8 Å². The van der Waals surface area contributed by atoms with Crippen molar-refractivity contribution in [1.29, 1.82) is 0 Å². The van der Waals surface area contributed by atoms with E-state index in [1.807, 2.05) is 12.1 Å². The Bertz CT molecular complexity index is 824. The van der Waals surface area contributed by atoms with Crippen molar-refractivity contribution in [3.05, 3.63) is 39.8 Å². The first-order chi connectivity index (χ1) is 13.2. The third-order valence-electron chi connectivity index (χ3n) is 5.95. The lowest BCUT2D eigenvalue weighted by Crippen LogP contribution is -2.40. The van der Waals surface area contributed by atoms with Crippen LogP contribution in [0.25, 0.3) is 10.8 Å². The molecule has 1 aromatic heterocycles. The average Bonchev–Trinajstić information content (AvgIpc) is 2.70. The van der Waals surface area contributed by atoms with Crippen LogP contribution < -0.4 is 20.9 Å². The summed E-state index contributed by atoms with van der Waals surface area (Å²) in [6, 6.07) is 6.07. The molecule has 0 amide bonds. The van der Waals surface area contributed by atoms with Crippen LogP contribution in [0.5, 0.6) is 5.75 Å². The number of halogens is 1. The summed E-state index contributed by atoms with van der Waals surface area (Å²) in [7, 11) is 0. The number of nitrogens with one attached hydrogen (secondary N) is 3. The average molecular weight is 390 g/mol. The molecule has 4 rings (SSSR count). The van der Waals surface area contributed by atoms with E-state index in [-0.39, 0.29) is 11.7 Å². The smallest absolute Gasteiger partial charge is 0.255 e. The molecular weight excluding hydrogens is 362 g/mol. The van der Waals surface area contributed by atoms with E-state index in [2.05, 4.69) is 15.6 Å². The fourth-order valence-electron chi connectivity index (χ4n) is 4.26. The first-order valence-electron chi connectivity index (χ1n) is 10.1. The van der Waals surface area contributed by atoms with Crippen LogP contribution >= 0.6 is 11.6 Å². The molecule has 27 heavy (non-hydrogen) atoms. The van der Waals surface area contributed by atoms with E-state index in [4.69, 9.17) is 16.3 Å². The Morgan fingerprint density at radius 1 is 1.11 bits per heavy atom. The molecule has 1 aliphatic carbocycles. The van der Waals surface area contributed by atoms with Crippen molar-refractivity contribution in [2.24, 2.45) is 5.92 Å². The molecule has 1 saturated heterocycles. The zero-order chi connectivity index (χ0) is 18.6. The summed E-state index contributed by atoms with van der Waals surface area (Å²) in [5.41, 5.74) is -0.124. The molecule has 5 nitrogen and oxygen atoms in total. The summed E-state index contributed by atoms with van der Waals surface area (Å²) in [5, 5.41) is 9.16. The Morgan fingerprint density at radius 3 is 2.67 bits per heavy atom. The van der Waals surface area contributed by atoms with Crippen LogP contribution in [0.3, 0.4) is 0 Å². The van der Waals surface area contributed by atoms with Gasteiger partial charge in [0.05, 0.1) is 11.1 Å².